The van der Waals surface area contributed by atoms with Gasteiger partial charge in [-0.1, -0.05) is 30.0 Å². The molecule has 0 saturated carbocycles. The molecule has 0 spiro atoms. The zero-order valence-corrected chi connectivity index (χ0v) is 17.2. The number of aromatic nitrogens is 4. The summed E-state index contributed by atoms with van der Waals surface area (Å²) < 4.78 is 65.6. The van der Waals surface area contributed by atoms with Crippen LogP contribution < -0.4 is 10.0 Å². The minimum Gasteiger partial charge on any atom is -0.275 e. The molecule has 31 heavy (non-hydrogen) atoms. The van der Waals surface area contributed by atoms with E-state index < -0.39 is 32.7 Å². The zero-order chi connectivity index (χ0) is 22.6. The van der Waals surface area contributed by atoms with E-state index in [4.69, 9.17) is 0 Å². The Hall–Kier alpha value is -3.26. The number of rotatable bonds is 5. The fourth-order valence-electron chi connectivity index (χ4n) is 2.35. The van der Waals surface area contributed by atoms with Crippen LogP contribution in [0, 0.1) is 0 Å². The lowest BCUT2D eigenvalue weighted by Crippen LogP contribution is -2.36. The van der Waals surface area contributed by atoms with Crippen molar-refractivity contribution in [2.75, 3.05) is 11.6 Å². The molecule has 1 aromatic carbocycles. The largest absolute Gasteiger partial charge is 0.417 e. The second-order valence-electron chi connectivity index (χ2n) is 5.74. The molecule has 0 saturated heterocycles. The maximum Gasteiger partial charge on any atom is 0.417 e. The molecular weight excluding hydrogens is 457 g/mol. The van der Waals surface area contributed by atoms with Crippen LogP contribution in [-0.4, -0.2) is 40.6 Å². The monoisotopic (exact) mass is 470 g/mol. The highest BCUT2D eigenvalue weighted by atomic mass is 32.2. The lowest BCUT2D eigenvalue weighted by Gasteiger charge is -2.14. The summed E-state index contributed by atoms with van der Waals surface area (Å²) in [5.74, 6) is -0.197. The predicted molar refractivity (Wildman–Crippen MR) is 106 cm³/mol. The second-order valence-corrected chi connectivity index (χ2v) is 8.16. The molecule has 14 heteroatoms. The molecule has 2 heterocycles. The van der Waals surface area contributed by atoms with Crippen LogP contribution in [0.1, 0.15) is 5.56 Å². The number of alkyl halides is 3. The van der Waals surface area contributed by atoms with Crippen LogP contribution in [0.25, 0.3) is 11.5 Å². The van der Waals surface area contributed by atoms with E-state index in [0.717, 1.165) is 30.0 Å². The first-order valence-electron chi connectivity index (χ1n) is 8.31. The van der Waals surface area contributed by atoms with Crippen molar-refractivity contribution in [3.05, 3.63) is 54.2 Å². The molecule has 0 aliphatic carbocycles. The normalized spacial score (nSPS) is 11.7. The number of sulfonamides is 1. The number of hydrogen-bond donors (Lipinski definition) is 2. The van der Waals surface area contributed by atoms with Gasteiger partial charge in [0.25, 0.3) is 10.0 Å². The van der Waals surface area contributed by atoms with Crippen LogP contribution in [-0.2, 0) is 16.2 Å². The summed E-state index contributed by atoms with van der Waals surface area (Å²) in [6, 6.07) is 7.12. The van der Waals surface area contributed by atoms with Gasteiger partial charge >= 0.3 is 12.2 Å². The number of nitrogens with zero attached hydrogens (tertiary/aromatic N) is 4. The average Bonchev–Trinajstić information content (AvgIpc) is 2.73. The Morgan fingerprint density at radius 1 is 1.03 bits per heavy atom. The molecule has 162 valence electrons. The summed E-state index contributed by atoms with van der Waals surface area (Å²) in [4.78, 5) is 27.3. The maximum absolute atomic E-state index is 13.1. The molecule has 3 aromatic rings. The molecule has 0 radical (unpaired) electrons. The van der Waals surface area contributed by atoms with Gasteiger partial charge in [-0.15, -0.1) is 0 Å². The molecule has 0 fully saturated rings. The molecule has 0 aliphatic heterocycles. The molecule has 2 amide bonds. The van der Waals surface area contributed by atoms with Crippen LogP contribution >= 0.6 is 11.8 Å². The summed E-state index contributed by atoms with van der Waals surface area (Å²) in [6.45, 7) is 0. The number of urea groups is 1. The van der Waals surface area contributed by atoms with E-state index in [-0.39, 0.29) is 16.9 Å². The number of amides is 2. The maximum atomic E-state index is 13.1. The van der Waals surface area contributed by atoms with E-state index in [1.807, 2.05) is 0 Å². The van der Waals surface area contributed by atoms with E-state index in [0.29, 0.717) is 11.8 Å². The third-order valence-corrected chi connectivity index (χ3v) is 5.56. The third kappa shape index (κ3) is 5.46. The summed E-state index contributed by atoms with van der Waals surface area (Å²) in [7, 11) is -4.84. The second kappa shape index (κ2) is 8.85. The van der Waals surface area contributed by atoms with E-state index in [9.17, 15) is 26.4 Å². The van der Waals surface area contributed by atoms with Gasteiger partial charge in [0.2, 0.25) is 5.95 Å². The summed E-state index contributed by atoms with van der Waals surface area (Å²) in [5, 5.41) is 2.30. The molecule has 9 nitrogen and oxygen atoms in total. The Bertz CT molecular complexity index is 1210. The van der Waals surface area contributed by atoms with Crippen molar-refractivity contribution in [3.63, 3.8) is 0 Å². The van der Waals surface area contributed by atoms with Crippen LogP contribution in [0.4, 0.5) is 23.9 Å². The molecule has 0 aliphatic rings. The number of nitrogens with one attached hydrogen (secondary N) is 2. The number of thioether (sulfide) groups is 1. The van der Waals surface area contributed by atoms with Gasteiger partial charge in [0.05, 0.1) is 10.5 Å². The smallest absolute Gasteiger partial charge is 0.275 e. The Labute approximate surface area is 178 Å². The SMILES string of the molecule is CSc1nc(NC(=O)NS(=O)(=O)c2ccccc2C(F)(F)F)nc(-c2ccccn2)n1. The first-order chi connectivity index (χ1) is 14.6. The van der Waals surface area contributed by atoms with Crippen molar-refractivity contribution in [1.82, 2.24) is 24.7 Å². The predicted octanol–water partition coefficient (Wildman–Crippen LogP) is 3.18. The highest BCUT2D eigenvalue weighted by Gasteiger charge is 2.37. The van der Waals surface area contributed by atoms with Crippen molar-refractivity contribution < 1.29 is 26.4 Å². The van der Waals surface area contributed by atoms with Crippen LogP contribution in [0.15, 0.2) is 58.7 Å². The molecule has 0 unspecified atom stereocenters. The Morgan fingerprint density at radius 2 is 1.74 bits per heavy atom. The summed E-state index contributed by atoms with van der Waals surface area (Å²) >= 11 is 1.13. The van der Waals surface area contributed by atoms with Gasteiger partial charge in [-0.3, -0.25) is 10.3 Å². The van der Waals surface area contributed by atoms with Crippen molar-refractivity contribution in [3.8, 4) is 11.5 Å². The highest BCUT2D eigenvalue weighted by molar-refractivity contribution is 7.98. The molecule has 0 atom stereocenters. The van der Waals surface area contributed by atoms with Gasteiger partial charge in [0.15, 0.2) is 11.0 Å². The van der Waals surface area contributed by atoms with E-state index >= 15 is 0 Å². The molecule has 0 bridgehead atoms. The lowest BCUT2D eigenvalue weighted by molar-refractivity contribution is -0.139. The minimum absolute atomic E-state index is 0.112. The van der Waals surface area contributed by atoms with Crippen molar-refractivity contribution >= 4 is 33.8 Å². The first kappa shape index (κ1) is 22.4. The van der Waals surface area contributed by atoms with Crippen LogP contribution in [0.3, 0.4) is 0 Å². The Kier molecular flexibility index (Phi) is 6.40. The van der Waals surface area contributed by atoms with Gasteiger partial charge in [0, 0.05) is 6.20 Å². The zero-order valence-electron chi connectivity index (χ0n) is 15.6. The number of carbonyl (C=O) groups excluding carboxylic acids is 1. The molecule has 3 rings (SSSR count). The fraction of sp³-hybridized carbons (Fsp3) is 0.118. The number of pyridine rings is 1. The highest BCUT2D eigenvalue weighted by Crippen LogP contribution is 2.33. The number of benzene rings is 1. The van der Waals surface area contributed by atoms with E-state index in [1.54, 1.807) is 24.5 Å². The number of carbonyl (C=O) groups is 1. The molecule has 2 N–H and O–H groups in total. The van der Waals surface area contributed by atoms with Crippen molar-refractivity contribution in [2.24, 2.45) is 0 Å². The topological polar surface area (TPSA) is 127 Å². The molecular formula is C17H13F3N6O3S2. The number of hydrogen-bond acceptors (Lipinski definition) is 8. The van der Waals surface area contributed by atoms with Crippen molar-refractivity contribution in [1.29, 1.82) is 0 Å². The quantitative estimate of drug-likeness (QED) is 0.545. The van der Waals surface area contributed by atoms with Gasteiger partial charge in [0.1, 0.15) is 5.69 Å². The van der Waals surface area contributed by atoms with Crippen LogP contribution in [0.5, 0.6) is 0 Å². The summed E-state index contributed by atoms with van der Waals surface area (Å²) in [5.41, 5.74) is -1.03. The fourth-order valence-corrected chi connectivity index (χ4v) is 3.84. The van der Waals surface area contributed by atoms with Gasteiger partial charge in [-0.05, 0) is 30.5 Å². The minimum atomic E-state index is -4.93. The van der Waals surface area contributed by atoms with Gasteiger partial charge in [-0.25, -0.2) is 22.9 Å². The first-order valence-corrected chi connectivity index (χ1v) is 11.0. The third-order valence-electron chi connectivity index (χ3n) is 3.63. The van der Waals surface area contributed by atoms with Crippen molar-refractivity contribution in [2.45, 2.75) is 16.2 Å². The van der Waals surface area contributed by atoms with E-state index in [1.165, 1.54) is 10.9 Å². The lowest BCUT2D eigenvalue weighted by atomic mass is 10.2. The summed E-state index contributed by atoms with van der Waals surface area (Å²) in [6.07, 6.45) is -1.76. The van der Waals surface area contributed by atoms with Crippen LogP contribution in [0.2, 0.25) is 0 Å². The Balaban J connectivity index is 1.86. The van der Waals surface area contributed by atoms with Gasteiger partial charge < -0.3 is 0 Å². The average molecular weight is 470 g/mol. The van der Waals surface area contributed by atoms with E-state index in [2.05, 4.69) is 25.3 Å². The van der Waals surface area contributed by atoms with Gasteiger partial charge in [-0.2, -0.15) is 23.1 Å². The molecule has 2 aromatic heterocycles. The number of halogens is 3. The number of anilines is 1. The standard InChI is InChI=1S/C17H13F3N6O3S2/c1-30-16-23-13(11-7-4-5-9-21-11)22-14(25-16)24-15(27)26-31(28,29)12-8-3-2-6-10(12)17(18,19)20/h2-9H,1H3,(H2,22,23,24,25,26,27). The Morgan fingerprint density at radius 3 is 2.39 bits per heavy atom.